The Bertz CT molecular complexity index is 1620. The first-order valence-corrected chi connectivity index (χ1v) is 14.7. The molecule has 1 aromatic carbocycles. The van der Waals surface area contributed by atoms with E-state index in [1.54, 1.807) is 12.1 Å². The molecule has 2 N–H and O–H groups in total. The zero-order chi connectivity index (χ0) is 28.9. The third kappa shape index (κ3) is 4.95. The molecule has 0 saturated carbocycles. The van der Waals surface area contributed by atoms with E-state index in [0.717, 1.165) is 67.3 Å². The normalized spacial score (nSPS) is 17.2. The van der Waals surface area contributed by atoms with Crippen LogP contribution in [0.1, 0.15) is 29.6 Å². The van der Waals surface area contributed by atoms with Crippen LogP contribution < -0.4 is 9.80 Å². The molecule has 214 valence electrons. The Morgan fingerprint density at radius 3 is 2.66 bits per heavy atom. The Kier molecular flexibility index (Phi) is 7.20. The van der Waals surface area contributed by atoms with Gasteiger partial charge in [0, 0.05) is 62.1 Å². The number of rotatable bonds is 8. The fourth-order valence-corrected chi connectivity index (χ4v) is 7.19. The van der Waals surface area contributed by atoms with Crippen molar-refractivity contribution in [2.75, 3.05) is 56.2 Å². The van der Waals surface area contributed by atoms with Crippen LogP contribution in [-0.2, 0) is 6.42 Å². The quantitative estimate of drug-likeness (QED) is 0.325. The van der Waals surface area contributed by atoms with Crippen molar-refractivity contribution < 1.29 is 14.6 Å². The Balaban J connectivity index is 1.31. The smallest absolute Gasteiger partial charge is 0.191 e. The fourth-order valence-electron chi connectivity index (χ4n) is 6.34. The van der Waals surface area contributed by atoms with Crippen molar-refractivity contribution in [2.45, 2.75) is 32.8 Å². The highest BCUT2D eigenvalue weighted by molar-refractivity contribution is 7.16. The van der Waals surface area contributed by atoms with E-state index in [4.69, 9.17) is 10.1 Å². The number of likely N-dealkylation sites (tertiary alicyclic amines) is 1. The number of aromatic nitrogens is 3. The maximum absolute atomic E-state index is 13.5. The maximum Gasteiger partial charge on any atom is 0.191 e. The lowest BCUT2D eigenvalue weighted by Crippen LogP contribution is -2.59. The van der Waals surface area contributed by atoms with Crippen LogP contribution in [0.2, 0.25) is 0 Å². The lowest BCUT2D eigenvalue weighted by molar-refractivity contribution is -0.0268. The van der Waals surface area contributed by atoms with Gasteiger partial charge in [-0.05, 0) is 56.2 Å². The third-order valence-corrected chi connectivity index (χ3v) is 9.37. The van der Waals surface area contributed by atoms with Gasteiger partial charge in [0.05, 0.1) is 29.6 Å². The lowest BCUT2D eigenvalue weighted by atomic mass is 9.79. The maximum atomic E-state index is 13.5. The molecule has 41 heavy (non-hydrogen) atoms. The summed E-state index contributed by atoms with van der Waals surface area (Å²) in [5.74, 6) is -0.330. The van der Waals surface area contributed by atoms with Crippen LogP contribution in [0.3, 0.4) is 0 Å². The number of aryl methyl sites for hydroxylation is 2. The molecule has 1 atom stereocenters. The molecule has 0 unspecified atom stereocenters. The molecule has 0 amide bonds. The van der Waals surface area contributed by atoms with Crippen LogP contribution in [-0.4, -0.2) is 82.2 Å². The van der Waals surface area contributed by atoms with Crippen LogP contribution >= 0.6 is 11.3 Å². The summed E-state index contributed by atoms with van der Waals surface area (Å²) in [4.78, 5) is 12.0. The van der Waals surface area contributed by atoms with Crippen LogP contribution in [0.15, 0.2) is 36.4 Å². The SMILES string of the molecule is CCc1nn2c(C)cc(N3CCC4(CN(C[C@H](O)CO)C4)C3)cc2c1N(C)c1nc(-c2ccc(F)cc2)c(C#N)s1. The summed E-state index contributed by atoms with van der Waals surface area (Å²) in [5.41, 5.74) is 6.56. The van der Waals surface area contributed by atoms with E-state index in [9.17, 15) is 19.9 Å². The van der Waals surface area contributed by atoms with E-state index in [2.05, 4.69) is 41.8 Å². The number of pyridine rings is 1. The molecule has 2 aliphatic rings. The average molecular weight is 576 g/mol. The van der Waals surface area contributed by atoms with Gasteiger partial charge in [0.1, 0.15) is 22.5 Å². The van der Waals surface area contributed by atoms with Crippen molar-refractivity contribution in [2.24, 2.45) is 5.41 Å². The second-order valence-corrected chi connectivity index (χ2v) is 12.3. The van der Waals surface area contributed by atoms with Gasteiger partial charge in [-0.25, -0.2) is 13.9 Å². The lowest BCUT2D eigenvalue weighted by Gasteiger charge is -2.48. The zero-order valence-corrected chi connectivity index (χ0v) is 24.3. The number of nitrogens with zero attached hydrogens (tertiary/aromatic N) is 7. The van der Waals surface area contributed by atoms with Gasteiger partial charge in [-0.3, -0.25) is 4.90 Å². The number of anilines is 3. The number of hydrogen-bond donors (Lipinski definition) is 2. The van der Waals surface area contributed by atoms with E-state index >= 15 is 0 Å². The summed E-state index contributed by atoms with van der Waals surface area (Å²) in [7, 11) is 1.96. The van der Waals surface area contributed by atoms with Gasteiger partial charge in [0.25, 0.3) is 0 Å². The molecule has 2 saturated heterocycles. The first kappa shape index (κ1) is 27.6. The van der Waals surface area contributed by atoms with Crippen molar-refractivity contribution in [3.05, 3.63) is 58.5 Å². The minimum Gasteiger partial charge on any atom is -0.394 e. The van der Waals surface area contributed by atoms with E-state index < -0.39 is 6.10 Å². The number of aliphatic hydroxyl groups is 2. The highest BCUT2D eigenvalue weighted by Gasteiger charge is 2.47. The fraction of sp³-hybridized carbons (Fsp3) is 0.433. The summed E-state index contributed by atoms with van der Waals surface area (Å²) in [6.45, 7) is 8.25. The number of hydrogen-bond acceptors (Lipinski definition) is 9. The molecule has 0 aliphatic carbocycles. The molecule has 11 heteroatoms. The second-order valence-electron chi connectivity index (χ2n) is 11.3. The van der Waals surface area contributed by atoms with E-state index in [-0.39, 0.29) is 17.8 Å². The molecule has 3 aromatic heterocycles. The van der Waals surface area contributed by atoms with Crippen LogP contribution in [0.25, 0.3) is 16.8 Å². The van der Waals surface area contributed by atoms with Crippen LogP contribution in [0, 0.1) is 29.5 Å². The van der Waals surface area contributed by atoms with Gasteiger partial charge < -0.3 is 20.0 Å². The van der Waals surface area contributed by atoms with Crippen molar-refractivity contribution in [1.29, 1.82) is 5.26 Å². The molecule has 2 aliphatic heterocycles. The largest absolute Gasteiger partial charge is 0.394 e. The second kappa shape index (κ2) is 10.7. The number of nitriles is 1. The van der Waals surface area contributed by atoms with Gasteiger partial charge in [-0.1, -0.05) is 18.3 Å². The van der Waals surface area contributed by atoms with Gasteiger partial charge >= 0.3 is 0 Å². The monoisotopic (exact) mass is 575 g/mol. The number of fused-ring (bicyclic) bond motifs is 1. The minimum atomic E-state index is -0.686. The Morgan fingerprint density at radius 1 is 1.22 bits per heavy atom. The van der Waals surface area contributed by atoms with Crippen LogP contribution in [0.4, 0.5) is 20.9 Å². The highest BCUT2D eigenvalue weighted by atomic mass is 32.1. The molecular weight excluding hydrogens is 541 g/mol. The number of thiazole rings is 1. The molecule has 4 aromatic rings. The van der Waals surface area contributed by atoms with Crippen molar-refractivity contribution >= 4 is 33.4 Å². The third-order valence-electron chi connectivity index (χ3n) is 8.33. The predicted molar refractivity (Wildman–Crippen MR) is 158 cm³/mol. The number of halogens is 1. The summed E-state index contributed by atoms with van der Waals surface area (Å²) in [6, 6.07) is 12.7. The van der Waals surface area contributed by atoms with Gasteiger partial charge in [0.2, 0.25) is 0 Å². The summed E-state index contributed by atoms with van der Waals surface area (Å²) in [6.07, 6.45) is 1.14. The zero-order valence-electron chi connectivity index (χ0n) is 23.5. The predicted octanol–water partition coefficient (Wildman–Crippen LogP) is 3.97. The Morgan fingerprint density at radius 2 is 1.98 bits per heavy atom. The Hall–Kier alpha value is -3.56. The Labute approximate surface area is 242 Å². The molecule has 1 spiro atoms. The standard InChI is InChI=1S/C30H34FN7O2S/c1-4-24-28(35(3)29-33-27(26(13-32)41-29)20-5-7-21(31)8-6-20)25-12-22(11-19(2)38(25)34-24)37-10-9-30(18-37)16-36(17-30)14-23(40)15-39/h5-8,11-12,23,39-40H,4,9-10,14-18H2,1-3H3/t23-/m0/s1. The topological polar surface area (TPSA) is 104 Å². The first-order valence-electron chi connectivity index (χ1n) is 13.9. The minimum absolute atomic E-state index is 0.205. The molecular formula is C30H34FN7O2S. The summed E-state index contributed by atoms with van der Waals surface area (Å²) in [5, 5.41) is 34.5. The number of benzene rings is 1. The van der Waals surface area contributed by atoms with Gasteiger partial charge in [0.15, 0.2) is 5.13 Å². The van der Waals surface area contributed by atoms with Crippen molar-refractivity contribution in [3.8, 4) is 17.3 Å². The summed E-state index contributed by atoms with van der Waals surface area (Å²) < 4.78 is 15.5. The van der Waals surface area contributed by atoms with Gasteiger partial charge in [-0.15, -0.1) is 0 Å². The first-order chi connectivity index (χ1) is 19.7. The van der Waals surface area contributed by atoms with Gasteiger partial charge in [-0.2, -0.15) is 10.4 Å². The highest BCUT2D eigenvalue weighted by Crippen LogP contribution is 2.43. The molecule has 5 heterocycles. The molecule has 2 fully saturated rings. The van der Waals surface area contributed by atoms with Crippen molar-refractivity contribution in [1.82, 2.24) is 19.5 Å². The summed E-state index contributed by atoms with van der Waals surface area (Å²) >= 11 is 1.32. The number of β-amino-alcohol motifs (C(OH)–C–C–N with tert-alkyl or cyclic N) is 1. The van der Waals surface area contributed by atoms with Crippen molar-refractivity contribution in [3.63, 3.8) is 0 Å². The molecule has 0 bridgehead atoms. The average Bonchev–Trinajstić information content (AvgIpc) is 3.68. The number of aliphatic hydroxyl groups excluding tert-OH is 2. The van der Waals surface area contributed by atoms with E-state index in [1.807, 2.05) is 16.5 Å². The molecule has 0 radical (unpaired) electrons. The molecule has 6 rings (SSSR count). The molecule has 9 nitrogen and oxygen atoms in total. The van der Waals surface area contributed by atoms with Crippen LogP contribution in [0.5, 0.6) is 0 Å². The van der Waals surface area contributed by atoms with E-state index in [0.29, 0.717) is 27.8 Å². The van der Waals surface area contributed by atoms with E-state index in [1.165, 1.54) is 23.5 Å².